The number of nitrogens with zero attached hydrogens (tertiary/aromatic N) is 1. The van der Waals surface area contributed by atoms with Crippen LogP contribution in [-0.4, -0.2) is 23.3 Å². The molecule has 0 radical (unpaired) electrons. The second-order valence-corrected chi connectivity index (χ2v) is 9.57. The number of amides is 1. The lowest BCUT2D eigenvalue weighted by molar-refractivity contribution is -0.163. The maximum atomic E-state index is 13.2. The molecule has 0 aliphatic carbocycles. The molecule has 0 heterocycles. The molecule has 3 aromatic carbocycles. The number of hydrogen-bond donors (Lipinski definition) is 0. The first kappa shape index (κ1) is 24.7. The fraction of sp³-hybridized carbons (Fsp3) is 0.269. The molecule has 172 valence electrons. The van der Waals surface area contributed by atoms with Crippen molar-refractivity contribution < 1.29 is 19.1 Å². The highest BCUT2D eigenvalue weighted by Crippen LogP contribution is 2.30. The summed E-state index contributed by atoms with van der Waals surface area (Å²) in [6, 6.07) is 16.7. The van der Waals surface area contributed by atoms with Crippen LogP contribution in [-0.2, 0) is 25.7 Å². The Morgan fingerprint density at radius 1 is 0.939 bits per heavy atom. The first-order valence-corrected chi connectivity index (χ1v) is 11.2. The molecule has 0 unspecified atom stereocenters. The number of aryl methyl sites for hydroxylation is 1. The SMILES string of the molecule is Cc1c(CN(C(=O)CC(=O)C(=O)OC(C)(C)C)c2ccc(Cl)c(Cl)c2)ccc2ccccc12. The second-order valence-electron chi connectivity index (χ2n) is 8.75. The maximum absolute atomic E-state index is 13.2. The van der Waals surface area contributed by atoms with E-state index in [1.54, 1.807) is 39.0 Å². The number of anilines is 1. The van der Waals surface area contributed by atoms with Crippen LogP contribution in [0.25, 0.3) is 10.8 Å². The predicted octanol–water partition coefficient (Wildman–Crippen LogP) is 6.29. The normalized spacial score (nSPS) is 11.3. The van der Waals surface area contributed by atoms with E-state index < -0.39 is 29.7 Å². The fourth-order valence-corrected chi connectivity index (χ4v) is 3.72. The molecule has 0 saturated heterocycles. The van der Waals surface area contributed by atoms with Crippen LogP contribution in [0.5, 0.6) is 0 Å². The zero-order valence-electron chi connectivity index (χ0n) is 18.9. The molecule has 33 heavy (non-hydrogen) atoms. The Labute approximate surface area is 203 Å². The van der Waals surface area contributed by atoms with Crippen molar-refractivity contribution in [1.82, 2.24) is 0 Å². The fourth-order valence-electron chi connectivity index (χ4n) is 3.43. The lowest BCUT2D eigenvalue weighted by Gasteiger charge is -2.25. The van der Waals surface area contributed by atoms with Gasteiger partial charge in [-0.2, -0.15) is 0 Å². The highest BCUT2D eigenvalue weighted by molar-refractivity contribution is 6.42. The number of esters is 1. The average Bonchev–Trinajstić information content (AvgIpc) is 2.74. The summed E-state index contributed by atoms with van der Waals surface area (Å²) in [5.41, 5.74) is 1.56. The Bertz CT molecular complexity index is 1230. The Morgan fingerprint density at radius 3 is 2.30 bits per heavy atom. The van der Waals surface area contributed by atoms with Gasteiger partial charge in [0.25, 0.3) is 0 Å². The minimum Gasteiger partial charge on any atom is -0.454 e. The summed E-state index contributed by atoms with van der Waals surface area (Å²) in [6.07, 6.45) is -0.623. The van der Waals surface area contributed by atoms with Gasteiger partial charge in [-0.3, -0.25) is 9.59 Å². The Morgan fingerprint density at radius 2 is 1.64 bits per heavy atom. The van der Waals surface area contributed by atoms with Crippen molar-refractivity contribution in [2.75, 3.05) is 4.90 Å². The van der Waals surface area contributed by atoms with E-state index in [4.69, 9.17) is 27.9 Å². The Balaban J connectivity index is 1.94. The quantitative estimate of drug-likeness (QED) is 0.233. The van der Waals surface area contributed by atoms with Gasteiger partial charge in [0.1, 0.15) is 5.60 Å². The van der Waals surface area contributed by atoms with Crippen molar-refractivity contribution in [2.45, 2.75) is 46.3 Å². The lowest BCUT2D eigenvalue weighted by Crippen LogP contribution is -2.36. The topological polar surface area (TPSA) is 63.7 Å². The number of ether oxygens (including phenoxy) is 1. The molecule has 0 spiro atoms. The number of carbonyl (C=O) groups excluding carboxylic acids is 3. The van der Waals surface area contributed by atoms with Crippen LogP contribution in [0.3, 0.4) is 0 Å². The van der Waals surface area contributed by atoms with Crippen molar-refractivity contribution >= 4 is 57.3 Å². The zero-order valence-corrected chi connectivity index (χ0v) is 20.5. The van der Waals surface area contributed by atoms with Gasteiger partial charge in [-0.15, -0.1) is 0 Å². The van der Waals surface area contributed by atoms with E-state index in [2.05, 4.69) is 0 Å². The molecule has 0 bridgehead atoms. The summed E-state index contributed by atoms with van der Waals surface area (Å²) < 4.78 is 5.11. The zero-order chi connectivity index (χ0) is 24.3. The van der Waals surface area contributed by atoms with Gasteiger partial charge in [-0.1, -0.05) is 59.6 Å². The molecule has 0 atom stereocenters. The highest BCUT2D eigenvalue weighted by atomic mass is 35.5. The third-order valence-electron chi connectivity index (χ3n) is 5.09. The molecule has 3 rings (SSSR count). The molecule has 0 aliphatic rings. The van der Waals surface area contributed by atoms with Gasteiger partial charge < -0.3 is 9.64 Å². The predicted molar refractivity (Wildman–Crippen MR) is 132 cm³/mol. The minimum absolute atomic E-state index is 0.190. The van der Waals surface area contributed by atoms with Crippen molar-refractivity contribution in [3.63, 3.8) is 0 Å². The van der Waals surface area contributed by atoms with Crippen molar-refractivity contribution in [2.24, 2.45) is 0 Å². The summed E-state index contributed by atoms with van der Waals surface area (Å²) in [5, 5.41) is 2.79. The third-order valence-corrected chi connectivity index (χ3v) is 5.83. The molecule has 0 saturated carbocycles. The monoisotopic (exact) mass is 485 g/mol. The minimum atomic E-state index is -1.04. The van der Waals surface area contributed by atoms with Gasteiger partial charge in [0.05, 0.1) is 23.0 Å². The number of hydrogen-bond acceptors (Lipinski definition) is 4. The van der Waals surface area contributed by atoms with Gasteiger partial charge in [0.2, 0.25) is 11.7 Å². The molecular weight excluding hydrogens is 461 g/mol. The molecule has 3 aromatic rings. The highest BCUT2D eigenvalue weighted by Gasteiger charge is 2.28. The van der Waals surface area contributed by atoms with Crippen LogP contribution in [0.15, 0.2) is 54.6 Å². The number of benzene rings is 3. The van der Waals surface area contributed by atoms with Crippen molar-refractivity contribution in [3.05, 3.63) is 75.8 Å². The van der Waals surface area contributed by atoms with E-state index in [-0.39, 0.29) is 11.6 Å². The molecule has 5 nitrogen and oxygen atoms in total. The maximum Gasteiger partial charge on any atom is 0.375 e. The van der Waals surface area contributed by atoms with Gasteiger partial charge >= 0.3 is 5.97 Å². The standard InChI is InChI=1S/C26H25Cl2NO4/c1-16-18(10-9-17-7-5-6-8-20(16)17)15-29(19-11-12-21(27)22(28)13-19)24(31)14-23(30)25(32)33-26(2,3)4/h5-13H,14-15H2,1-4H3. The van der Waals surface area contributed by atoms with E-state index in [0.717, 1.165) is 21.9 Å². The number of carbonyl (C=O) groups is 3. The number of ketones is 1. The van der Waals surface area contributed by atoms with Crippen LogP contribution in [0, 0.1) is 6.92 Å². The summed E-state index contributed by atoms with van der Waals surface area (Å²) in [4.78, 5) is 39.2. The number of rotatable bonds is 6. The molecule has 0 fully saturated rings. The number of fused-ring (bicyclic) bond motifs is 1. The van der Waals surface area contributed by atoms with Crippen LogP contribution >= 0.6 is 23.2 Å². The van der Waals surface area contributed by atoms with Gasteiger partial charge in [-0.25, -0.2) is 4.79 Å². The third kappa shape index (κ3) is 6.12. The summed E-state index contributed by atoms with van der Waals surface area (Å²) in [6.45, 7) is 7.15. The van der Waals surface area contributed by atoms with Crippen LogP contribution in [0.2, 0.25) is 10.0 Å². The lowest BCUT2D eigenvalue weighted by atomic mass is 9.99. The summed E-state index contributed by atoms with van der Waals surface area (Å²) in [7, 11) is 0. The molecular formula is C26H25Cl2NO4. The van der Waals surface area contributed by atoms with E-state index in [1.807, 2.05) is 43.3 Å². The number of halogens is 2. The molecule has 0 aromatic heterocycles. The summed E-state index contributed by atoms with van der Waals surface area (Å²) >= 11 is 12.2. The van der Waals surface area contributed by atoms with E-state index in [9.17, 15) is 14.4 Å². The van der Waals surface area contributed by atoms with Gasteiger partial charge in [-0.05, 0) is 67.8 Å². The first-order valence-electron chi connectivity index (χ1n) is 10.4. The van der Waals surface area contributed by atoms with E-state index >= 15 is 0 Å². The Hall–Kier alpha value is -2.89. The first-order chi connectivity index (χ1) is 15.5. The van der Waals surface area contributed by atoms with Gasteiger partial charge in [0.15, 0.2) is 0 Å². The Kier molecular flexibility index (Phi) is 7.45. The van der Waals surface area contributed by atoms with Gasteiger partial charge in [0, 0.05) is 5.69 Å². The van der Waals surface area contributed by atoms with Crippen LogP contribution in [0.4, 0.5) is 5.69 Å². The van der Waals surface area contributed by atoms with E-state index in [1.165, 1.54) is 4.90 Å². The smallest absolute Gasteiger partial charge is 0.375 e. The van der Waals surface area contributed by atoms with Crippen LogP contribution in [0.1, 0.15) is 38.3 Å². The summed E-state index contributed by atoms with van der Waals surface area (Å²) in [5.74, 6) is -2.49. The van der Waals surface area contributed by atoms with Crippen LogP contribution < -0.4 is 4.90 Å². The van der Waals surface area contributed by atoms with Crippen molar-refractivity contribution in [1.29, 1.82) is 0 Å². The van der Waals surface area contributed by atoms with E-state index in [0.29, 0.717) is 10.7 Å². The molecule has 0 N–H and O–H groups in total. The number of Topliss-reactive ketones (excluding diaryl/α,β-unsaturated/α-hetero) is 1. The largest absolute Gasteiger partial charge is 0.454 e. The van der Waals surface area contributed by atoms with Crippen molar-refractivity contribution in [3.8, 4) is 0 Å². The second kappa shape index (κ2) is 9.94. The molecule has 1 amide bonds. The molecule has 0 aliphatic heterocycles. The molecule has 7 heteroatoms. The average molecular weight is 486 g/mol.